The molecule has 1 fully saturated rings. The molecule has 0 heterocycles. The molecule has 0 bridgehead atoms. The number of carbonyl (C=O) groups excluding carboxylic acids is 1. The van der Waals surface area contributed by atoms with Gasteiger partial charge in [-0.25, -0.2) is 0 Å². The molecule has 18 heavy (non-hydrogen) atoms. The van der Waals surface area contributed by atoms with Gasteiger partial charge in [-0.05, 0) is 30.5 Å². The SMILES string of the molecule is O=C(O)C1(C(=O)NCc2cccc(Br)c2)CCC1. The van der Waals surface area contributed by atoms with Crippen molar-refractivity contribution in [3.63, 3.8) is 0 Å². The highest BCUT2D eigenvalue weighted by atomic mass is 79.9. The molecule has 0 spiro atoms. The van der Waals surface area contributed by atoms with Gasteiger partial charge in [0, 0.05) is 11.0 Å². The molecule has 1 aliphatic carbocycles. The first-order valence-corrected chi connectivity index (χ1v) is 6.60. The summed E-state index contributed by atoms with van der Waals surface area (Å²) in [5, 5.41) is 11.8. The van der Waals surface area contributed by atoms with Crippen molar-refractivity contribution in [1.82, 2.24) is 5.32 Å². The van der Waals surface area contributed by atoms with Crippen molar-refractivity contribution in [2.75, 3.05) is 0 Å². The van der Waals surface area contributed by atoms with Crippen LogP contribution in [0.5, 0.6) is 0 Å². The average molecular weight is 312 g/mol. The van der Waals surface area contributed by atoms with Crippen molar-refractivity contribution in [3.05, 3.63) is 34.3 Å². The molecule has 5 heteroatoms. The number of amides is 1. The number of carbonyl (C=O) groups is 2. The topological polar surface area (TPSA) is 66.4 Å². The van der Waals surface area contributed by atoms with E-state index in [1.165, 1.54) is 0 Å². The highest BCUT2D eigenvalue weighted by molar-refractivity contribution is 9.10. The number of halogens is 1. The Hall–Kier alpha value is -1.36. The van der Waals surface area contributed by atoms with Gasteiger partial charge in [0.1, 0.15) is 5.41 Å². The van der Waals surface area contributed by atoms with Crippen LogP contribution in [0.15, 0.2) is 28.7 Å². The first kappa shape index (κ1) is 13.1. The van der Waals surface area contributed by atoms with Gasteiger partial charge in [0.2, 0.25) is 5.91 Å². The van der Waals surface area contributed by atoms with Crippen molar-refractivity contribution in [1.29, 1.82) is 0 Å². The van der Waals surface area contributed by atoms with Gasteiger partial charge in [-0.15, -0.1) is 0 Å². The highest BCUT2D eigenvalue weighted by Gasteiger charge is 2.50. The molecule has 0 saturated heterocycles. The van der Waals surface area contributed by atoms with Crippen molar-refractivity contribution in [2.45, 2.75) is 25.8 Å². The minimum atomic E-state index is -1.19. The second-order valence-electron chi connectivity index (χ2n) is 4.55. The van der Waals surface area contributed by atoms with E-state index in [0.717, 1.165) is 16.5 Å². The zero-order chi connectivity index (χ0) is 13.2. The molecule has 0 aromatic heterocycles. The van der Waals surface area contributed by atoms with E-state index in [0.29, 0.717) is 19.4 Å². The second-order valence-corrected chi connectivity index (χ2v) is 5.47. The van der Waals surface area contributed by atoms with Crippen LogP contribution in [0.3, 0.4) is 0 Å². The molecule has 0 aliphatic heterocycles. The maximum Gasteiger partial charge on any atom is 0.319 e. The molecule has 2 N–H and O–H groups in total. The van der Waals surface area contributed by atoms with E-state index in [1.807, 2.05) is 24.3 Å². The molecule has 1 aliphatic rings. The van der Waals surface area contributed by atoms with Crippen molar-refractivity contribution in [2.24, 2.45) is 5.41 Å². The largest absolute Gasteiger partial charge is 0.480 e. The fourth-order valence-corrected chi connectivity index (χ4v) is 2.51. The third kappa shape index (κ3) is 2.41. The molecule has 1 amide bonds. The molecule has 1 saturated carbocycles. The number of benzene rings is 1. The number of carboxylic acid groups (broad SMARTS) is 1. The lowest BCUT2D eigenvalue weighted by atomic mass is 9.68. The lowest BCUT2D eigenvalue weighted by Crippen LogP contribution is -2.50. The van der Waals surface area contributed by atoms with Crippen LogP contribution >= 0.6 is 15.9 Å². The molecule has 2 rings (SSSR count). The summed E-state index contributed by atoms with van der Waals surface area (Å²) in [5.74, 6) is -1.39. The Bertz CT molecular complexity index is 483. The molecule has 4 nitrogen and oxygen atoms in total. The smallest absolute Gasteiger partial charge is 0.319 e. The summed E-state index contributed by atoms with van der Waals surface area (Å²) < 4.78 is 0.936. The highest BCUT2D eigenvalue weighted by Crippen LogP contribution is 2.41. The zero-order valence-corrected chi connectivity index (χ0v) is 11.4. The van der Waals surface area contributed by atoms with E-state index in [2.05, 4.69) is 21.2 Å². The first-order valence-electron chi connectivity index (χ1n) is 5.81. The van der Waals surface area contributed by atoms with E-state index < -0.39 is 11.4 Å². The Labute approximate surface area is 114 Å². The first-order chi connectivity index (χ1) is 8.54. The summed E-state index contributed by atoms with van der Waals surface area (Å²) in [4.78, 5) is 23.1. The molecular formula is C13H14BrNO3. The van der Waals surface area contributed by atoms with Crippen LogP contribution in [-0.4, -0.2) is 17.0 Å². The van der Waals surface area contributed by atoms with Gasteiger partial charge in [-0.1, -0.05) is 34.5 Å². The lowest BCUT2D eigenvalue weighted by Gasteiger charge is -2.35. The van der Waals surface area contributed by atoms with E-state index in [-0.39, 0.29) is 5.91 Å². The van der Waals surface area contributed by atoms with Crippen LogP contribution in [0, 0.1) is 5.41 Å². The average Bonchev–Trinajstić information content (AvgIpc) is 2.24. The van der Waals surface area contributed by atoms with Crippen molar-refractivity contribution >= 4 is 27.8 Å². The number of aliphatic carboxylic acids is 1. The van der Waals surface area contributed by atoms with E-state index in [1.54, 1.807) is 0 Å². The summed E-state index contributed by atoms with van der Waals surface area (Å²) >= 11 is 3.35. The monoisotopic (exact) mass is 311 g/mol. The third-order valence-corrected chi connectivity index (χ3v) is 3.89. The normalized spacial score (nSPS) is 16.7. The van der Waals surface area contributed by atoms with E-state index >= 15 is 0 Å². The summed E-state index contributed by atoms with van der Waals surface area (Å²) in [5.41, 5.74) is -0.246. The van der Waals surface area contributed by atoms with Gasteiger partial charge in [0.05, 0.1) is 0 Å². The lowest BCUT2D eigenvalue weighted by molar-refractivity contribution is -0.162. The Kier molecular flexibility index (Phi) is 3.71. The van der Waals surface area contributed by atoms with E-state index in [9.17, 15) is 9.59 Å². The fourth-order valence-electron chi connectivity index (χ4n) is 2.07. The maximum atomic E-state index is 11.9. The predicted octanol–water partition coefficient (Wildman–Crippen LogP) is 2.32. The minimum absolute atomic E-state index is 0.354. The second kappa shape index (κ2) is 5.10. The van der Waals surface area contributed by atoms with E-state index in [4.69, 9.17) is 5.11 Å². The number of nitrogens with one attached hydrogen (secondary N) is 1. The van der Waals surface area contributed by atoms with Crippen LogP contribution in [0.2, 0.25) is 0 Å². The summed E-state index contributed by atoms with van der Waals surface area (Å²) in [6, 6.07) is 7.56. The number of hydrogen-bond donors (Lipinski definition) is 2. The number of carboxylic acids is 1. The molecule has 1 aromatic rings. The van der Waals surface area contributed by atoms with Gasteiger partial charge in [-0.2, -0.15) is 0 Å². The third-order valence-electron chi connectivity index (χ3n) is 3.39. The van der Waals surface area contributed by atoms with Gasteiger partial charge in [-0.3, -0.25) is 9.59 Å². The number of rotatable bonds is 4. The Morgan fingerprint density at radius 3 is 2.61 bits per heavy atom. The Morgan fingerprint density at radius 1 is 1.39 bits per heavy atom. The van der Waals surface area contributed by atoms with Crippen molar-refractivity contribution < 1.29 is 14.7 Å². The van der Waals surface area contributed by atoms with Crippen LogP contribution in [-0.2, 0) is 16.1 Å². The molecule has 0 atom stereocenters. The Balaban J connectivity index is 1.98. The Morgan fingerprint density at radius 2 is 2.11 bits per heavy atom. The molecular weight excluding hydrogens is 298 g/mol. The van der Waals surface area contributed by atoms with Gasteiger partial charge in [0.15, 0.2) is 0 Å². The predicted molar refractivity (Wildman–Crippen MR) is 69.9 cm³/mol. The minimum Gasteiger partial charge on any atom is -0.480 e. The molecule has 96 valence electrons. The van der Waals surface area contributed by atoms with Gasteiger partial charge in [0.25, 0.3) is 0 Å². The molecule has 0 unspecified atom stereocenters. The van der Waals surface area contributed by atoms with Crippen LogP contribution in [0.1, 0.15) is 24.8 Å². The standard InChI is InChI=1S/C13H14BrNO3/c14-10-4-1-3-9(7-10)8-15-11(16)13(12(17)18)5-2-6-13/h1,3-4,7H,2,5-6,8H2,(H,15,16)(H,17,18). The summed E-state index contributed by atoms with van der Waals surface area (Å²) in [7, 11) is 0. The molecule has 1 aromatic carbocycles. The van der Waals surface area contributed by atoms with Crippen LogP contribution in [0.4, 0.5) is 0 Å². The maximum absolute atomic E-state index is 11.9. The zero-order valence-electron chi connectivity index (χ0n) is 9.78. The van der Waals surface area contributed by atoms with Crippen molar-refractivity contribution in [3.8, 4) is 0 Å². The number of hydrogen-bond acceptors (Lipinski definition) is 2. The summed E-state index contributed by atoms with van der Waals surface area (Å²) in [6.07, 6.45) is 1.68. The van der Waals surface area contributed by atoms with Crippen LogP contribution < -0.4 is 5.32 Å². The summed E-state index contributed by atoms with van der Waals surface area (Å²) in [6.45, 7) is 0.354. The fraction of sp³-hybridized carbons (Fsp3) is 0.385. The molecule has 0 radical (unpaired) electrons. The van der Waals surface area contributed by atoms with Crippen LogP contribution in [0.25, 0.3) is 0 Å². The van der Waals surface area contributed by atoms with Gasteiger partial charge < -0.3 is 10.4 Å². The quantitative estimate of drug-likeness (QED) is 0.839. The van der Waals surface area contributed by atoms with Gasteiger partial charge >= 0.3 is 5.97 Å².